The number of anilines is 1. The SMILES string of the molecule is CN(C(=O)COC(=O)C1COc2ccccc2C1)c1ccccc1. The van der Waals surface area contributed by atoms with Gasteiger partial charge in [0.05, 0.1) is 5.92 Å². The zero-order chi connectivity index (χ0) is 16.9. The number of nitrogens with zero attached hydrogens (tertiary/aromatic N) is 1. The first kappa shape index (κ1) is 16.1. The normalized spacial score (nSPS) is 15.8. The van der Waals surface area contributed by atoms with Gasteiger partial charge in [-0.25, -0.2) is 0 Å². The summed E-state index contributed by atoms with van der Waals surface area (Å²) in [4.78, 5) is 25.8. The van der Waals surface area contributed by atoms with Crippen molar-refractivity contribution in [3.8, 4) is 5.75 Å². The highest BCUT2D eigenvalue weighted by atomic mass is 16.5. The number of carbonyl (C=O) groups is 2. The number of para-hydroxylation sites is 2. The fraction of sp³-hybridized carbons (Fsp3) is 0.263. The molecule has 1 amide bonds. The molecule has 1 heterocycles. The summed E-state index contributed by atoms with van der Waals surface area (Å²) in [6.07, 6.45) is 0.567. The van der Waals surface area contributed by atoms with Gasteiger partial charge in [0.15, 0.2) is 6.61 Å². The summed E-state index contributed by atoms with van der Waals surface area (Å²) in [5, 5.41) is 0. The maximum atomic E-state index is 12.2. The summed E-state index contributed by atoms with van der Waals surface area (Å²) < 4.78 is 10.8. The summed E-state index contributed by atoms with van der Waals surface area (Å²) >= 11 is 0. The van der Waals surface area contributed by atoms with E-state index in [0.717, 1.165) is 17.0 Å². The number of benzene rings is 2. The average Bonchev–Trinajstić information content (AvgIpc) is 2.65. The first-order valence-electron chi connectivity index (χ1n) is 7.84. The van der Waals surface area contributed by atoms with Crippen molar-refractivity contribution in [3.63, 3.8) is 0 Å². The average molecular weight is 325 g/mol. The quantitative estimate of drug-likeness (QED) is 0.810. The Balaban J connectivity index is 1.54. The Labute approximate surface area is 140 Å². The number of carbonyl (C=O) groups excluding carboxylic acids is 2. The highest BCUT2D eigenvalue weighted by molar-refractivity contribution is 5.94. The van der Waals surface area contributed by atoms with Crippen LogP contribution in [0.15, 0.2) is 54.6 Å². The molecule has 0 fully saturated rings. The second kappa shape index (κ2) is 7.17. The Bertz CT molecular complexity index is 729. The van der Waals surface area contributed by atoms with Crippen LogP contribution in [0, 0.1) is 5.92 Å². The standard InChI is InChI=1S/C19H19NO4/c1-20(16-8-3-2-4-9-16)18(21)13-24-19(22)15-11-14-7-5-6-10-17(14)23-12-15/h2-10,15H,11-13H2,1H3. The molecule has 1 atom stereocenters. The molecule has 0 saturated heterocycles. The number of ether oxygens (including phenoxy) is 2. The minimum absolute atomic E-state index is 0.272. The molecule has 24 heavy (non-hydrogen) atoms. The van der Waals surface area contributed by atoms with E-state index in [1.54, 1.807) is 7.05 Å². The lowest BCUT2D eigenvalue weighted by molar-refractivity contribution is -0.153. The topological polar surface area (TPSA) is 55.8 Å². The van der Waals surface area contributed by atoms with Gasteiger partial charge in [-0.15, -0.1) is 0 Å². The van der Waals surface area contributed by atoms with E-state index in [-0.39, 0.29) is 25.0 Å². The van der Waals surface area contributed by atoms with Gasteiger partial charge in [-0.2, -0.15) is 0 Å². The first-order chi connectivity index (χ1) is 11.6. The predicted molar refractivity (Wildman–Crippen MR) is 89.9 cm³/mol. The molecule has 3 rings (SSSR count). The summed E-state index contributed by atoms with van der Waals surface area (Å²) in [5.74, 6) is -0.248. The molecule has 124 valence electrons. The van der Waals surface area contributed by atoms with E-state index in [1.165, 1.54) is 4.90 Å². The molecule has 0 aliphatic carbocycles. The minimum atomic E-state index is -0.403. The van der Waals surface area contributed by atoms with Gasteiger partial charge >= 0.3 is 5.97 Å². The Kier molecular flexibility index (Phi) is 4.79. The first-order valence-corrected chi connectivity index (χ1v) is 7.84. The number of likely N-dealkylation sites (N-methyl/N-ethyl adjacent to an activating group) is 1. The van der Waals surface area contributed by atoms with E-state index in [1.807, 2.05) is 54.6 Å². The van der Waals surface area contributed by atoms with E-state index in [2.05, 4.69) is 0 Å². The zero-order valence-corrected chi connectivity index (χ0v) is 13.5. The monoisotopic (exact) mass is 325 g/mol. The molecule has 5 nitrogen and oxygen atoms in total. The molecule has 1 aliphatic rings. The van der Waals surface area contributed by atoms with Crippen molar-refractivity contribution in [1.82, 2.24) is 0 Å². The van der Waals surface area contributed by atoms with Gasteiger partial charge in [-0.3, -0.25) is 9.59 Å². The molecule has 0 spiro atoms. The van der Waals surface area contributed by atoms with Gasteiger partial charge in [-0.1, -0.05) is 36.4 Å². The van der Waals surface area contributed by atoms with Crippen molar-refractivity contribution in [2.24, 2.45) is 5.92 Å². The highest BCUT2D eigenvalue weighted by Crippen LogP contribution is 2.27. The van der Waals surface area contributed by atoms with Crippen LogP contribution in [0.25, 0.3) is 0 Å². The molecule has 1 aliphatic heterocycles. The van der Waals surface area contributed by atoms with Crippen LogP contribution in [-0.2, 0) is 20.7 Å². The third kappa shape index (κ3) is 3.56. The van der Waals surface area contributed by atoms with Crippen molar-refractivity contribution >= 4 is 17.6 Å². The van der Waals surface area contributed by atoms with Crippen molar-refractivity contribution in [1.29, 1.82) is 0 Å². The second-order valence-electron chi connectivity index (χ2n) is 5.72. The Morgan fingerprint density at radius 2 is 1.83 bits per heavy atom. The number of hydrogen-bond donors (Lipinski definition) is 0. The van der Waals surface area contributed by atoms with E-state index >= 15 is 0 Å². The van der Waals surface area contributed by atoms with Crippen LogP contribution >= 0.6 is 0 Å². The molecule has 5 heteroatoms. The van der Waals surface area contributed by atoms with Crippen LogP contribution in [0.3, 0.4) is 0 Å². The molecule has 2 aromatic carbocycles. The molecule has 0 saturated carbocycles. The molecular formula is C19H19NO4. The van der Waals surface area contributed by atoms with Crippen LogP contribution in [0.4, 0.5) is 5.69 Å². The van der Waals surface area contributed by atoms with E-state index in [4.69, 9.17) is 9.47 Å². The summed E-state index contributed by atoms with van der Waals surface area (Å²) in [5.41, 5.74) is 1.74. The lowest BCUT2D eigenvalue weighted by Gasteiger charge is -2.24. The number of rotatable bonds is 4. The molecule has 1 unspecified atom stereocenters. The fourth-order valence-electron chi connectivity index (χ4n) is 2.62. The van der Waals surface area contributed by atoms with Crippen molar-refractivity contribution in [3.05, 3.63) is 60.2 Å². The number of amides is 1. The maximum absolute atomic E-state index is 12.2. The van der Waals surface area contributed by atoms with Crippen LogP contribution in [0.2, 0.25) is 0 Å². The molecule has 0 aromatic heterocycles. The Morgan fingerprint density at radius 1 is 1.12 bits per heavy atom. The van der Waals surface area contributed by atoms with Crippen molar-refractivity contribution < 1.29 is 19.1 Å². The zero-order valence-electron chi connectivity index (χ0n) is 13.5. The lowest BCUT2D eigenvalue weighted by Crippen LogP contribution is -2.34. The van der Waals surface area contributed by atoms with Crippen LogP contribution < -0.4 is 9.64 Å². The van der Waals surface area contributed by atoms with Crippen LogP contribution in [0.5, 0.6) is 5.75 Å². The van der Waals surface area contributed by atoms with Gasteiger partial charge in [0, 0.05) is 12.7 Å². The third-order valence-corrected chi connectivity index (χ3v) is 4.07. The highest BCUT2D eigenvalue weighted by Gasteiger charge is 2.27. The largest absolute Gasteiger partial charge is 0.492 e. The Hall–Kier alpha value is -2.82. The fourth-order valence-corrected chi connectivity index (χ4v) is 2.62. The Morgan fingerprint density at radius 3 is 2.62 bits per heavy atom. The molecule has 2 aromatic rings. The van der Waals surface area contributed by atoms with Crippen molar-refractivity contribution in [2.45, 2.75) is 6.42 Å². The van der Waals surface area contributed by atoms with Gasteiger partial charge in [0.2, 0.25) is 0 Å². The van der Waals surface area contributed by atoms with Crippen LogP contribution in [0.1, 0.15) is 5.56 Å². The van der Waals surface area contributed by atoms with Gasteiger partial charge < -0.3 is 14.4 Å². The maximum Gasteiger partial charge on any atom is 0.313 e. The van der Waals surface area contributed by atoms with E-state index in [9.17, 15) is 9.59 Å². The second-order valence-corrected chi connectivity index (χ2v) is 5.72. The molecule has 0 radical (unpaired) electrons. The number of hydrogen-bond acceptors (Lipinski definition) is 4. The van der Waals surface area contributed by atoms with Gasteiger partial charge in [-0.05, 0) is 30.2 Å². The summed E-state index contributed by atoms with van der Waals surface area (Å²) in [6, 6.07) is 16.9. The van der Waals surface area contributed by atoms with E-state index in [0.29, 0.717) is 6.42 Å². The molecule has 0 bridgehead atoms. The predicted octanol–water partition coefficient (Wildman–Crippen LogP) is 2.44. The summed E-state index contributed by atoms with van der Waals surface area (Å²) in [7, 11) is 1.66. The smallest absolute Gasteiger partial charge is 0.313 e. The summed E-state index contributed by atoms with van der Waals surface area (Å²) in [6.45, 7) is 0.000929. The third-order valence-electron chi connectivity index (χ3n) is 4.07. The van der Waals surface area contributed by atoms with Crippen LogP contribution in [-0.4, -0.2) is 32.1 Å². The minimum Gasteiger partial charge on any atom is -0.492 e. The van der Waals surface area contributed by atoms with Crippen molar-refractivity contribution in [2.75, 3.05) is 25.2 Å². The lowest BCUT2D eigenvalue weighted by atomic mass is 9.97. The number of fused-ring (bicyclic) bond motifs is 1. The molecule has 0 N–H and O–H groups in total. The van der Waals surface area contributed by atoms with Gasteiger partial charge in [0.1, 0.15) is 12.4 Å². The molecular weight excluding hydrogens is 306 g/mol. The number of esters is 1. The van der Waals surface area contributed by atoms with Gasteiger partial charge in [0.25, 0.3) is 5.91 Å². The van der Waals surface area contributed by atoms with E-state index < -0.39 is 5.97 Å².